The molecule has 1 heterocycles. The van der Waals surface area contributed by atoms with Crippen molar-refractivity contribution in [2.24, 2.45) is 0 Å². The van der Waals surface area contributed by atoms with E-state index in [0.717, 1.165) is 13.8 Å². The number of allylic oxidation sites excluding steroid dienone is 1. The van der Waals surface area contributed by atoms with E-state index >= 15 is 0 Å². The third-order valence-electron chi connectivity index (χ3n) is 2.99. The van der Waals surface area contributed by atoms with Crippen molar-refractivity contribution in [3.05, 3.63) is 62.7 Å². The number of hydrogen-bond donors (Lipinski definition) is 1. The minimum atomic E-state index is -0.0263. The fourth-order valence-corrected chi connectivity index (χ4v) is 3.57. The number of para-hydroxylation sites is 1. The lowest BCUT2D eigenvalue weighted by Gasteiger charge is -2.04. The summed E-state index contributed by atoms with van der Waals surface area (Å²) in [6.45, 7) is 0. The number of nitriles is 1. The maximum atomic E-state index is 10.5. The van der Waals surface area contributed by atoms with Gasteiger partial charge in [-0.3, -0.25) is 0 Å². The number of nitrogens with zero attached hydrogens (tertiary/aromatic N) is 2. The van der Waals surface area contributed by atoms with Crippen LogP contribution in [0.5, 0.6) is 0 Å². The highest BCUT2D eigenvalue weighted by molar-refractivity contribution is 14.1. The van der Waals surface area contributed by atoms with Gasteiger partial charge in [0.2, 0.25) is 0 Å². The maximum absolute atomic E-state index is 10.5. The van der Waals surface area contributed by atoms with Gasteiger partial charge in [0.25, 0.3) is 0 Å². The van der Waals surface area contributed by atoms with Gasteiger partial charge in [-0.1, -0.05) is 30.3 Å². The first-order valence-electron chi connectivity index (χ1n) is 6.15. The summed E-state index contributed by atoms with van der Waals surface area (Å²) in [5.41, 5.74) is 1.69. The molecular weight excluding hydrogens is 395 g/mol. The monoisotopic (exact) mass is 404 g/mol. The van der Waals surface area contributed by atoms with E-state index in [0.29, 0.717) is 10.6 Å². The molecule has 0 unspecified atom stereocenters. The molecule has 5 heteroatoms. The number of aliphatic hydroxyl groups excluding tert-OH is 1. The molecule has 0 radical (unpaired) electrons. The number of hydrogen-bond acceptors (Lipinski definition) is 4. The maximum Gasteiger partial charge on any atom is 0.144 e. The third-order valence-corrected chi connectivity index (χ3v) is 4.98. The molecule has 1 aromatic heterocycles. The number of rotatable bonds is 2. The summed E-state index contributed by atoms with van der Waals surface area (Å²) in [6.07, 6.45) is 0. The first-order valence-corrected chi connectivity index (χ1v) is 8.04. The molecule has 0 aliphatic rings. The summed E-state index contributed by atoms with van der Waals surface area (Å²) in [6, 6.07) is 17.2. The second-order valence-corrected chi connectivity index (χ2v) is 6.49. The van der Waals surface area contributed by atoms with E-state index in [1.165, 1.54) is 11.3 Å². The molecule has 1 N–H and O–H groups in total. The van der Waals surface area contributed by atoms with E-state index in [9.17, 15) is 10.4 Å². The predicted molar refractivity (Wildman–Crippen MR) is 93.8 cm³/mol. The Hall–Kier alpha value is -1.91. The summed E-state index contributed by atoms with van der Waals surface area (Å²) >= 11 is 3.54. The van der Waals surface area contributed by atoms with Crippen molar-refractivity contribution in [1.82, 2.24) is 4.98 Å². The molecule has 0 spiro atoms. The molecule has 0 aliphatic heterocycles. The number of aliphatic hydroxyl groups is 1. The Morgan fingerprint density at radius 1 is 1.14 bits per heavy atom. The standard InChI is InChI=1S/C16H9IN2OS/c17-12-6-2-1-5-10(12)15(20)11(9-18)16-19-13-7-3-4-8-14(13)21-16/h1-8,20H. The molecule has 0 aliphatic carbocycles. The molecule has 21 heavy (non-hydrogen) atoms. The van der Waals surface area contributed by atoms with Crippen LogP contribution in [0.2, 0.25) is 0 Å². The zero-order chi connectivity index (χ0) is 14.8. The third kappa shape index (κ3) is 2.64. The summed E-state index contributed by atoms with van der Waals surface area (Å²) in [7, 11) is 0. The summed E-state index contributed by atoms with van der Waals surface area (Å²) in [5, 5.41) is 20.4. The molecule has 2 aromatic carbocycles. The van der Waals surface area contributed by atoms with Crippen LogP contribution in [0.25, 0.3) is 21.5 Å². The largest absolute Gasteiger partial charge is 0.506 e. The number of fused-ring (bicyclic) bond motifs is 1. The highest BCUT2D eigenvalue weighted by Crippen LogP contribution is 2.31. The van der Waals surface area contributed by atoms with Gasteiger partial charge in [0.1, 0.15) is 22.4 Å². The van der Waals surface area contributed by atoms with E-state index in [4.69, 9.17) is 0 Å². The number of aromatic nitrogens is 1. The Morgan fingerprint density at radius 2 is 1.86 bits per heavy atom. The van der Waals surface area contributed by atoms with E-state index in [1.54, 1.807) is 6.07 Å². The van der Waals surface area contributed by atoms with Crippen molar-refractivity contribution in [2.75, 3.05) is 0 Å². The Balaban J connectivity index is 2.19. The highest BCUT2D eigenvalue weighted by Gasteiger charge is 2.16. The average molecular weight is 404 g/mol. The Bertz CT molecular complexity index is 859. The fraction of sp³-hybridized carbons (Fsp3) is 0. The van der Waals surface area contributed by atoms with Crippen LogP contribution < -0.4 is 0 Å². The van der Waals surface area contributed by atoms with Crippen molar-refractivity contribution < 1.29 is 5.11 Å². The minimum Gasteiger partial charge on any atom is -0.506 e. The highest BCUT2D eigenvalue weighted by atomic mass is 127. The second kappa shape index (κ2) is 5.84. The molecule has 0 saturated carbocycles. The Kier molecular flexibility index (Phi) is 3.90. The topological polar surface area (TPSA) is 56.9 Å². The van der Waals surface area contributed by atoms with Crippen LogP contribution >= 0.6 is 33.9 Å². The first-order chi connectivity index (χ1) is 10.2. The normalized spacial score (nSPS) is 12.0. The molecule has 3 nitrogen and oxygen atoms in total. The fourth-order valence-electron chi connectivity index (χ4n) is 1.97. The lowest BCUT2D eigenvalue weighted by atomic mass is 10.1. The SMILES string of the molecule is N#CC(=C(O)c1ccccc1I)c1nc2ccccc2s1. The summed E-state index contributed by atoms with van der Waals surface area (Å²) in [5.74, 6) is -0.0263. The van der Waals surface area contributed by atoms with Crippen molar-refractivity contribution >= 4 is 55.5 Å². The summed E-state index contributed by atoms with van der Waals surface area (Å²) < 4.78 is 1.89. The van der Waals surface area contributed by atoms with Crippen LogP contribution in [0, 0.1) is 14.9 Å². The van der Waals surface area contributed by atoms with E-state index in [1.807, 2.05) is 42.5 Å². The summed E-state index contributed by atoms with van der Waals surface area (Å²) in [4.78, 5) is 4.44. The second-order valence-electron chi connectivity index (χ2n) is 4.30. The molecule has 0 atom stereocenters. The Labute approximate surface area is 139 Å². The molecule has 0 amide bonds. The van der Waals surface area contributed by atoms with Gasteiger partial charge in [0.15, 0.2) is 0 Å². The van der Waals surface area contributed by atoms with Crippen LogP contribution in [-0.2, 0) is 0 Å². The van der Waals surface area contributed by atoms with Gasteiger partial charge in [0, 0.05) is 9.13 Å². The van der Waals surface area contributed by atoms with Gasteiger partial charge in [-0.15, -0.1) is 11.3 Å². The van der Waals surface area contributed by atoms with Crippen molar-refractivity contribution in [1.29, 1.82) is 5.26 Å². The van der Waals surface area contributed by atoms with Crippen LogP contribution in [-0.4, -0.2) is 10.1 Å². The lowest BCUT2D eigenvalue weighted by Crippen LogP contribution is -1.92. The zero-order valence-corrected chi connectivity index (χ0v) is 13.7. The number of halogens is 1. The smallest absolute Gasteiger partial charge is 0.144 e. The van der Waals surface area contributed by atoms with E-state index < -0.39 is 0 Å². The molecule has 102 valence electrons. The molecular formula is C16H9IN2OS. The number of benzene rings is 2. The van der Waals surface area contributed by atoms with Crippen LogP contribution in [0.4, 0.5) is 0 Å². The first kappa shape index (κ1) is 14.0. The molecule has 3 rings (SSSR count). The van der Waals surface area contributed by atoms with Crippen molar-refractivity contribution in [3.63, 3.8) is 0 Å². The van der Waals surface area contributed by atoms with Crippen molar-refractivity contribution in [3.8, 4) is 6.07 Å². The Morgan fingerprint density at radius 3 is 2.57 bits per heavy atom. The lowest BCUT2D eigenvalue weighted by molar-refractivity contribution is 0.513. The zero-order valence-electron chi connectivity index (χ0n) is 10.7. The molecule has 0 bridgehead atoms. The molecule has 3 aromatic rings. The van der Waals surface area contributed by atoms with Crippen LogP contribution in [0.1, 0.15) is 10.6 Å². The molecule has 0 saturated heterocycles. The van der Waals surface area contributed by atoms with Gasteiger partial charge in [-0.2, -0.15) is 5.26 Å². The quantitative estimate of drug-likeness (QED) is 0.378. The van der Waals surface area contributed by atoms with E-state index in [-0.39, 0.29) is 11.3 Å². The van der Waals surface area contributed by atoms with Gasteiger partial charge in [-0.05, 0) is 40.8 Å². The van der Waals surface area contributed by atoms with Gasteiger partial charge < -0.3 is 5.11 Å². The average Bonchev–Trinajstić information content (AvgIpc) is 2.91. The minimum absolute atomic E-state index is 0.0263. The predicted octanol–water partition coefficient (Wildman–Crippen LogP) is 4.85. The molecule has 0 fully saturated rings. The van der Waals surface area contributed by atoms with Crippen LogP contribution in [0.15, 0.2) is 48.5 Å². The van der Waals surface area contributed by atoms with Gasteiger partial charge >= 0.3 is 0 Å². The van der Waals surface area contributed by atoms with Crippen LogP contribution in [0.3, 0.4) is 0 Å². The number of thiazole rings is 1. The van der Waals surface area contributed by atoms with Gasteiger partial charge in [-0.25, -0.2) is 4.98 Å². The van der Waals surface area contributed by atoms with E-state index in [2.05, 4.69) is 33.6 Å². The van der Waals surface area contributed by atoms with Crippen molar-refractivity contribution in [2.45, 2.75) is 0 Å². The van der Waals surface area contributed by atoms with Gasteiger partial charge in [0.05, 0.1) is 10.2 Å².